The van der Waals surface area contributed by atoms with Crippen LogP contribution < -0.4 is 15.8 Å². The van der Waals surface area contributed by atoms with Gasteiger partial charge in [-0.05, 0) is 54.4 Å². The molecule has 0 fully saturated rings. The van der Waals surface area contributed by atoms with E-state index in [1.54, 1.807) is 12.1 Å². The molecule has 2 atom stereocenters. The smallest absolute Gasteiger partial charge is 0.264 e. The molecule has 208 valence electrons. The molecule has 0 radical (unpaired) electrons. The van der Waals surface area contributed by atoms with E-state index >= 15 is 0 Å². The van der Waals surface area contributed by atoms with Crippen molar-refractivity contribution in [1.82, 2.24) is 15.0 Å². The number of sulfonamides is 1. The van der Waals surface area contributed by atoms with E-state index in [4.69, 9.17) is 34.0 Å². The fourth-order valence-corrected chi connectivity index (χ4v) is 5.23. The SMILES string of the molecule is C[C@H](N=C(NS(=O)(=O)c1ccc(Cl)cc1)N1CC(c2ccccc2)C(c2ccc(Cl)cc2)=N1)C(=O)NCC(N)=O. The third-order valence-electron chi connectivity index (χ3n) is 5.98. The number of hydrogen-bond donors (Lipinski definition) is 3. The maximum Gasteiger partial charge on any atom is 0.264 e. The van der Waals surface area contributed by atoms with Crippen LogP contribution in [0.1, 0.15) is 24.0 Å². The minimum absolute atomic E-state index is 0.0591. The van der Waals surface area contributed by atoms with Gasteiger partial charge < -0.3 is 11.1 Å². The Bertz CT molecular complexity index is 1550. The number of carbonyl (C=O) groups is 2. The van der Waals surface area contributed by atoms with E-state index in [9.17, 15) is 18.0 Å². The first kappa shape index (κ1) is 29.1. The zero-order valence-corrected chi connectivity index (χ0v) is 23.6. The number of amides is 2. The molecule has 13 heteroatoms. The number of carbonyl (C=O) groups excluding carboxylic acids is 2. The summed E-state index contributed by atoms with van der Waals surface area (Å²) in [7, 11) is -4.15. The first-order chi connectivity index (χ1) is 19.0. The molecule has 3 aromatic rings. The van der Waals surface area contributed by atoms with Gasteiger partial charge >= 0.3 is 0 Å². The molecule has 0 saturated heterocycles. The van der Waals surface area contributed by atoms with E-state index in [1.165, 1.54) is 36.2 Å². The highest BCUT2D eigenvalue weighted by Crippen LogP contribution is 2.30. The summed E-state index contributed by atoms with van der Waals surface area (Å²) in [5, 5.41) is 9.46. The number of rotatable bonds is 8. The highest BCUT2D eigenvalue weighted by molar-refractivity contribution is 7.90. The van der Waals surface area contributed by atoms with Gasteiger partial charge in [0.25, 0.3) is 10.0 Å². The molecule has 2 amide bonds. The summed E-state index contributed by atoms with van der Waals surface area (Å²) in [6.07, 6.45) is 0. The zero-order valence-electron chi connectivity index (χ0n) is 21.3. The van der Waals surface area contributed by atoms with Crippen LogP contribution in [-0.2, 0) is 19.6 Å². The van der Waals surface area contributed by atoms with E-state index in [0.717, 1.165) is 11.1 Å². The standard InChI is InChI=1S/C27H26Cl2N6O4S/c1-17(26(37)31-15-24(30)36)32-27(34-40(38,39)22-13-11-21(29)12-14-22)35-16-23(18-5-3-2-4-6-18)25(33-35)19-7-9-20(28)10-8-19/h2-14,17,23H,15-16H2,1H3,(H2,30,36)(H,31,37)(H,32,34)/t17-,23?/m0/s1. The summed E-state index contributed by atoms with van der Waals surface area (Å²) in [5.74, 6) is -1.79. The predicted molar refractivity (Wildman–Crippen MR) is 155 cm³/mol. The third-order valence-corrected chi connectivity index (χ3v) is 7.83. The van der Waals surface area contributed by atoms with Crippen molar-refractivity contribution in [3.8, 4) is 0 Å². The number of aliphatic imine (C=N–C) groups is 1. The van der Waals surface area contributed by atoms with Crippen molar-refractivity contribution in [3.05, 3.63) is 100 Å². The molecule has 1 aliphatic rings. The minimum atomic E-state index is -4.15. The number of hydrazone groups is 1. The minimum Gasteiger partial charge on any atom is -0.368 e. The number of hydrogen-bond acceptors (Lipinski definition) is 6. The molecule has 1 unspecified atom stereocenters. The monoisotopic (exact) mass is 600 g/mol. The van der Waals surface area contributed by atoms with Crippen LogP contribution in [0.15, 0.2) is 93.9 Å². The van der Waals surface area contributed by atoms with Crippen LogP contribution >= 0.6 is 23.2 Å². The van der Waals surface area contributed by atoms with Crippen molar-refractivity contribution in [2.45, 2.75) is 23.8 Å². The fraction of sp³-hybridized carbons (Fsp3) is 0.185. The van der Waals surface area contributed by atoms with Gasteiger partial charge in [-0.25, -0.2) is 23.1 Å². The molecule has 1 heterocycles. The molecule has 0 spiro atoms. The lowest BCUT2D eigenvalue weighted by atomic mass is 9.91. The lowest BCUT2D eigenvalue weighted by molar-refractivity contribution is -0.125. The van der Waals surface area contributed by atoms with Crippen LogP contribution in [0.4, 0.5) is 0 Å². The molecule has 0 aliphatic carbocycles. The Morgan fingerprint density at radius 3 is 2.23 bits per heavy atom. The van der Waals surface area contributed by atoms with Gasteiger partial charge in [0.1, 0.15) is 6.04 Å². The predicted octanol–water partition coefficient (Wildman–Crippen LogP) is 3.12. The van der Waals surface area contributed by atoms with Gasteiger partial charge in [0, 0.05) is 16.0 Å². The Labute approximate surface area is 241 Å². The Hall–Kier alpha value is -3.93. The van der Waals surface area contributed by atoms with Crippen molar-refractivity contribution in [3.63, 3.8) is 0 Å². The highest BCUT2D eigenvalue weighted by Gasteiger charge is 2.33. The number of nitrogens with one attached hydrogen (secondary N) is 2. The van der Waals surface area contributed by atoms with Crippen LogP contribution in [0, 0.1) is 0 Å². The molecular weight excluding hydrogens is 575 g/mol. The van der Waals surface area contributed by atoms with Crippen LogP contribution in [0.25, 0.3) is 0 Å². The van der Waals surface area contributed by atoms with E-state index in [0.29, 0.717) is 15.8 Å². The van der Waals surface area contributed by atoms with Gasteiger partial charge in [-0.15, -0.1) is 0 Å². The molecule has 4 rings (SSSR count). The third kappa shape index (κ3) is 7.17. The Kier molecular flexibility index (Phi) is 9.08. The van der Waals surface area contributed by atoms with Gasteiger partial charge in [-0.3, -0.25) is 9.59 Å². The second-order valence-corrected chi connectivity index (χ2v) is 11.5. The summed E-state index contributed by atoms with van der Waals surface area (Å²) < 4.78 is 29.1. The first-order valence-electron chi connectivity index (χ1n) is 12.1. The van der Waals surface area contributed by atoms with Gasteiger partial charge in [0.15, 0.2) is 0 Å². The van der Waals surface area contributed by atoms with Crippen molar-refractivity contribution in [1.29, 1.82) is 0 Å². The average Bonchev–Trinajstić information content (AvgIpc) is 3.38. The van der Waals surface area contributed by atoms with Crippen molar-refractivity contribution in [2.75, 3.05) is 13.1 Å². The number of nitrogens with two attached hydrogens (primary N) is 1. The molecule has 4 N–H and O–H groups in total. The van der Waals surface area contributed by atoms with Crippen LogP contribution in [0.2, 0.25) is 10.0 Å². The molecule has 0 bridgehead atoms. The summed E-state index contributed by atoms with van der Waals surface area (Å²) >= 11 is 12.0. The number of nitrogens with zero attached hydrogens (tertiary/aromatic N) is 3. The van der Waals surface area contributed by atoms with Crippen molar-refractivity contribution < 1.29 is 18.0 Å². The fourth-order valence-electron chi connectivity index (χ4n) is 3.96. The summed E-state index contributed by atoms with van der Waals surface area (Å²) in [5.41, 5.74) is 7.52. The molecule has 0 saturated carbocycles. The van der Waals surface area contributed by atoms with Crippen LogP contribution in [0.5, 0.6) is 0 Å². The molecule has 3 aromatic carbocycles. The number of primary amides is 1. The maximum atomic E-state index is 13.3. The second-order valence-electron chi connectivity index (χ2n) is 8.91. The number of benzene rings is 3. The first-order valence-corrected chi connectivity index (χ1v) is 14.4. The lowest BCUT2D eigenvalue weighted by Gasteiger charge is -2.21. The van der Waals surface area contributed by atoms with Gasteiger partial charge in [0.05, 0.1) is 23.7 Å². The molecular formula is C27H26Cl2N6O4S. The van der Waals surface area contributed by atoms with Gasteiger partial charge in [-0.2, -0.15) is 5.10 Å². The normalized spacial score (nSPS) is 16.3. The number of guanidine groups is 1. The largest absolute Gasteiger partial charge is 0.368 e. The molecule has 0 aromatic heterocycles. The van der Waals surface area contributed by atoms with Crippen LogP contribution in [0.3, 0.4) is 0 Å². The Morgan fingerprint density at radius 1 is 1.02 bits per heavy atom. The maximum absolute atomic E-state index is 13.3. The van der Waals surface area contributed by atoms with Gasteiger partial charge in [0.2, 0.25) is 17.8 Å². The van der Waals surface area contributed by atoms with Crippen molar-refractivity contribution in [2.24, 2.45) is 15.8 Å². The molecule has 10 nitrogen and oxygen atoms in total. The van der Waals surface area contributed by atoms with E-state index in [-0.39, 0.29) is 29.9 Å². The summed E-state index contributed by atoms with van der Waals surface area (Å²) in [4.78, 5) is 28.0. The second kappa shape index (κ2) is 12.5. The Morgan fingerprint density at radius 2 is 1.62 bits per heavy atom. The Balaban J connectivity index is 1.75. The summed E-state index contributed by atoms with van der Waals surface area (Å²) in [6.45, 7) is 1.30. The summed E-state index contributed by atoms with van der Waals surface area (Å²) in [6, 6.07) is 21.3. The lowest BCUT2D eigenvalue weighted by Crippen LogP contribution is -2.44. The highest BCUT2D eigenvalue weighted by atomic mass is 35.5. The molecule has 40 heavy (non-hydrogen) atoms. The van der Waals surface area contributed by atoms with Crippen LogP contribution in [-0.4, -0.2) is 56.0 Å². The van der Waals surface area contributed by atoms with E-state index in [2.05, 4.69) is 15.0 Å². The topological polar surface area (TPSA) is 146 Å². The van der Waals surface area contributed by atoms with Crippen molar-refractivity contribution >= 4 is 56.7 Å². The van der Waals surface area contributed by atoms with Gasteiger partial charge in [-0.1, -0.05) is 65.7 Å². The number of halogens is 2. The quantitative estimate of drug-likeness (QED) is 0.268. The van der Waals surface area contributed by atoms with E-state index < -0.39 is 27.9 Å². The average molecular weight is 602 g/mol. The zero-order chi connectivity index (χ0) is 28.9. The van der Waals surface area contributed by atoms with E-state index in [1.807, 2.05) is 42.5 Å². The molecule has 1 aliphatic heterocycles.